The summed E-state index contributed by atoms with van der Waals surface area (Å²) in [5.74, 6) is 0. The van der Waals surface area contributed by atoms with E-state index in [9.17, 15) is 0 Å². The van der Waals surface area contributed by atoms with Crippen LogP contribution in [0.15, 0.2) is 0 Å². The lowest BCUT2D eigenvalue weighted by molar-refractivity contribution is 0.0908. The molecular formula is C14H30N2O. The second-order valence-corrected chi connectivity index (χ2v) is 4.88. The van der Waals surface area contributed by atoms with Crippen LogP contribution in [-0.4, -0.2) is 49.8 Å². The molecule has 17 heavy (non-hydrogen) atoms. The Kier molecular flexibility index (Phi) is 7.82. The van der Waals surface area contributed by atoms with Gasteiger partial charge in [0.15, 0.2) is 0 Å². The van der Waals surface area contributed by atoms with E-state index in [-0.39, 0.29) is 0 Å². The van der Waals surface area contributed by atoms with E-state index >= 15 is 0 Å². The van der Waals surface area contributed by atoms with Crippen molar-refractivity contribution in [2.75, 3.05) is 32.8 Å². The van der Waals surface area contributed by atoms with Crippen LogP contribution in [0.25, 0.3) is 0 Å². The monoisotopic (exact) mass is 242 g/mol. The highest BCUT2D eigenvalue weighted by Gasteiger charge is 2.30. The van der Waals surface area contributed by atoms with E-state index in [1.165, 1.54) is 25.7 Å². The smallest absolute Gasteiger partial charge is 0.0593 e. The molecule has 0 aliphatic heterocycles. The van der Waals surface area contributed by atoms with Gasteiger partial charge in [-0.05, 0) is 39.3 Å². The second kappa shape index (κ2) is 8.90. The van der Waals surface area contributed by atoms with Crippen molar-refractivity contribution in [3.05, 3.63) is 0 Å². The molecule has 1 fully saturated rings. The molecular weight excluding hydrogens is 212 g/mol. The molecule has 2 unspecified atom stereocenters. The molecule has 1 rings (SSSR count). The van der Waals surface area contributed by atoms with Gasteiger partial charge < -0.3 is 10.1 Å². The molecule has 0 aromatic carbocycles. The third-order valence-corrected chi connectivity index (χ3v) is 3.74. The van der Waals surface area contributed by atoms with Crippen molar-refractivity contribution in [1.29, 1.82) is 0 Å². The molecule has 102 valence electrons. The first kappa shape index (κ1) is 14.9. The Hall–Kier alpha value is -0.120. The van der Waals surface area contributed by atoms with Crippen LogP contribution in [0, 0.1) is 0 Å². The average Bonchev–Trinajstić information content (AvgIpc) is 2.80. The van der Waals surface area contributed by atoms with Crippen LogP contribution in [0.5, 0.6) is 0 Å². The molecule has 0 radical (unpaired) electrons. The first-order valence-electron chi connectivity index (χ1n) is 7.38. The summed E-state index contributed by atoms with van der Waals surface area (Å²) in [7, 11) is 0. The van der Waals surface area contributed by atoms with Gasteiger partial charge in [0, 0.05) is 25.2 Å². The van der Waals surface area contributed by atoms with Crippen molar-refractivity contribution < 1.29 is 4.74 Å². The van der Waals surface area contributed by atoms with E-state index < -0.39 is 0 Å². The first-order chi connectivity index (χ1) is 8.33. The van der Waals surface area contributed by atoms with Gasteiger partial charge in [0.05, 0.1) is 6.61 Å². The van der Waals surface area contributed by atoms with Gasteiger partial charge in [0.25, 0.3) is 0 Å². The van der Waals surface area contributed by atoms with Crippen molar-refractivity contribution in [3.63, 3.8) is 0 Å². The summed E-state index contributed by atoms with van der Waals surface area (Å²) >= 11 is 0. The van der Waals surface area contributed by atoms with Gasteiger partial charge in [-0.15, -0.1) is 0 Å². The lowest BCUT2D eigenvalue weighted by Crippen LogP contribution is -2.48. The highest BCUT2D eigenvalue weighted by molar-refractivity contribution is 4.90. The topological polar surface area (TPSA) is 24.5 Å². The largest absolute Gasteiger partial charge is 0.380 e. The van der Waals surface area contributed by atoms with Crippen molar-refractivity contribution in [2.24, 2.45) is 0 Å². The molecule has 0 aromatic rings. The van der Waals surface area contributed by atoms with Crippen LogP contribution in [0.1, 0.15) is 46.5 Å². The average molecular weight is 242 g/mol. The molecule has 0 heterocycles. The third-order valence-electron chi connectivity index (χ3n) is 3.74. The number of likely N-dealkylation sites (N-methyl/N-ethyl adjacent to an activating group) is 1. The minimum absolute atomic E-state index is 0.705. The number of nitrogens with one attached hydrogen (secondary N) is 1. The molecule has 0 aromatic heterocycles. The number of hydrogen-bond donors (Lipinski definition) is 1. The summed E-state index contributed by atoms with van der Waals surface area (Å²) in [6, 6.07) is 1.43. The summed E-state index contributed by atoms with van der Waals surface area (Å²) in [5, 5.41) is 3.70. The van der Waals surface area contributed by atoms with E-state index in [0.717, 1.165) is 38.9 Å². The van der Waals surface area contributed by atoms with E-state index in [2.05, 4.69) is 31.0 Å². The fourth-order valence-electron chi connectivity index (χ4n) is 2.83. The Labute approximate surface area is 107 Å². The van der Waals surface area contributed by atoms with Gasteiger partial charge in [0.1, 0.15) is 0 Å². The molecule has 1 aliphatic rings. The predicted octanol–water partition coefficient (Wildman–Crippen LogP) is 2.27. The minimum Gasteiger partial charge on any atom is -0.380 e. The van der Waals surface area contributed by atoms with Crippen LogP contribution in [0.3, 0.4) is 0 Å². The summed E-state index contributed by atoms with van der Waals surface area (Å²) in [6.07, 6.45) is 5.29. The van der Waals surface area contributed by atoms with Gasteiger partial charge in [-0.25, -0.2) is 0 Å². The van der Waals surface area contributed by atoms with Crippen LogP contribution in [0.2, 0.25) is 0 Å². The van der Waals surface area contributed by atoms with Gasteiger partial charge in [-0.1, -0.05) is 20.3 Å². The van der Waals surface area contributed by atoms with Crippen LogP contribution < -0.4 is 5.32 Å². The van der Waals surface area contributed by atoms with E-state index in [4.69, 9.17) is 4.74 Å². The Bertz CT molecular complexity index is 187. The standard InChI is InChI=1S/C14H30N2O/c1-4-10-15-13-8-7-9-14(13)16(5-2)11-12-17-6-3/h13-15H,4-12H2,1-3H3. The molecule has 1 aliphatic carbocycles. The van der Waals surface area contributed by atoms with Gasteiger partial charge >= 0.3 is 0 Å². The quantitative estimate of drug-likeness (QED) is 0.628. The predicted molar refractivity (Wildman–Crippen MR) is 73.5 cm³/mol. The van der Waals surface area contributed by atoms with Gasteiger partial charge in [-0.3, -0.25) is 4.90 Å². The summed E-state index contributed by atoms with van der Waals surface area (Å²) in [4.78, 5) is 2.59. The Morgan fingerprint density at radius 2 is 2.06 bits per heavy atom. The second-order valence-electron chi connectivity index (χ2n) is 4.88. The first-order valence-corrected chi connectivity index (χ1v) is 7.38. The van der Waals surface area contributed by atoms with E-state index in [1.54, 1.807) is 0 Å². The Balaban J connectivity index is 2.36. The van der Waals surface area contributed by atoms with Crippen molar-refractivity contribution >= 4 is 0 Å². The maximum atomic E-state index is 5.48. The molecule has 3 heteroatoms. The van der Waals surface area contributed by atoms with E-state index in [0.29, 0.717) is 6.04 Å². The van der Waals surface area contributed by atoms with Gasteiger partial charge in [0.2, 0.25) is 0 Å². The highest BCUT2D eigenvalue weighted by Crippen LogP contribution is 2.24. The lowest BCUT2D eigenvalue weighted by Gasteiger charge is -2.32. The molecule has 0 amide bonds. The van der Waals surface area contributed by atoms with Crippen LogP contribution in [-0.2, 0) is 4.74 Å². The molecule has 3 nitrogen and oxygen atoms in total. The van der Waals surface area contributed by atoms with Crippen molar-refractivity contribution in [1.82, 2.24) is 10.2 Å². The SMILES string of the molecule is CCCNC1CCCC1N(CC)CCOCC. The Morgan fingerprint density at radius 1 is 1.24 bits per heavy atom. The molecule has 0 saturated heterocycles. The molecule has 1 saturated carbocycles. The number of hydrogen-bond acceptors (Lipinski definition) is 3. The minimum atomic E-state index is 0.705. The van der Waals surface area contributed by atoms with E-state index in [1.807, 2.05) is 0 Å². The van der Waals surface area contributed by atoms with Gasteiger partial charge in [-0.2, -0.15) is 0 Å². The summed E-state index contributed by atoms with van der Waals surface area (Å²) < 4.78 is 5.48. The highest BCUT2D eigenvalue weighted by atomic mass is 16.5. The zero-order valence-corrected chi connectivity index (χ0v) is 11.9. The number of ether oxygens (including phenoxy) is 1. The zero-order chi connectivity index (χ0) is 12.5. The van der Waals surface area contributed by atoms with Crippen LogP contribution >= 0.6 is 0 Å². The van der Waals surface area contributed by atoms with Crippen molar-refractivity contribution in [2.45, 2.75) is 58.5 Å². The zero-order valence-electron chi connectivity index (χ0n) is 11.9. The fraction of sp³-hybridized carbons (Fsp3) is 1.00. The third kappa shape index (κ3) is 4.94. The van der Waals surface area contributed by atoms with Crippen LogP contribution in [0.4, 0.5) is 0 Å². The van der Waals surface area contributed by atoms with Crippen molar-refractivity contribution in [3.8, 4) is 0 Å². The molecule has 0 spiro atoms. The molecule has 0 bridgehead atoms. The molecule has 2 atom stereocenters. The number of nitrogens with zero attached hydrogens (tertiary/aromatic N) is 1. The maximum absolute atomic E-state index is 5.48. The lowest BCUT2D eigenvalue weighted by atomic mass is 10.1. The maximum Gasteiger partial charge on any atom is 0.0593 e. The normalized spacial score (nSPS) is 24.7. The fourth-order valence-corrected chi connectivity index (χ4v) is 2.83. The molecule has 1 N–H and O–H groups in total. The Morgan fingerprint density at radius 3 is 2.71 bits per heavy atom. The number of rotatable bonds is 9. The summed E-state index contributed by atoms with van der Waals surface area (Å²) in [6.45, 7) is 11.7. The summed E-state index contributed by atoms with van der Waals surface area (Å²) in [5.41, 5.74) is 0.